The van der Waals surface area contributed by atoms with Crippen molar-refractivity contribution in [3.8, 4) is 0 Å². The molecule has 1 aliphatic carbocycles. The number of hydrogen-bond acceptors (Lipinski definition) is 4. The maximum Gasteiger partial charge on any atom is 0.326 e. The Kier molecular flexibility index (Phi) is 4.63. The van der Waals surface area contributed by atoms with Crippen LogP contribution >= 0.6 is 9.24 Å². The molecule has 1 unspecified atom stereocenters. The molecule has 0 bridgehead atoms. The molecule has 1 heterocycles. The SMILES string of the molecule is CCCN(Cc1ccc(N2CC(=O)NS2(=O)=O)c(P)c1)C1CC1. The molecular weight excluding hydrogens is 333 g/mol. The van der Waals surface area contributed by atoms with Crippen LogP contribution in [0, 0.1) is 0 Å². The molecule has 3 rings (SSSR count). The fraction of sp³-hybridized carbons (Fsp3) is 0.533. The minimum Gasteiger partial charge on any atom is -0.296 e. The van der Waals surface area contributed by atoms with Crippen molar-refractivity contribution >= 4 is 36.3 Å². The van der Waals surface area contributed by atoms with Gasteiger partial charge in [0.05, 0.1) is 5.69 Å². The zero-order valence-corrected chi connectivity index (χ0v) is 15.1. The highest BCUT2D eigenvalue weighted by atomic mass is 32.2. The molecule has 1 saturated heterocycles. The van der Waals surface area contributed by atoms with E-state index in [1.54, 1.807) is 6.07 Å². The molecule has 1 aromatic carbocycles. The van der Waals surface area contributed by atoms with Crippen molar-refractivity contribution in [1.29, 1.82) is 0 Å². The summed E-state index contributed by atoms with van der Waals surface area (Å²) in [6.07, 6.45) is 3.67. The van der Waals surface area contributed by atoms with E-state index in [0.717, 1.165) is 34.7 Å². The number of carbonyl (C=O) groups excluding carboxylic acids is 1. The van der Waals surface area contributed by atoms with Crippen molar-refractivity contribution in [2.75, 3.05) is 17.4 Å². The molecular formula is C15H22N3O3PS. The zero-order valence-electron chi connectivity index (χ0n) is 13.2. The Balaban J connectivity index is 1.79. The van der Waals surface area contributed by atoms with E-state index >= 15 is 0 Å². The number of benzene rings is 1. The Hall–Kier alpha value is -1.17. The Morgan fingerprint density at radius 1 is 1.39 bits per heavy atom. The third-order valence-electron chi connectivity index (χ3n) is 4.14. The van der Waals surface area contributed by atoms with Crippen LogP contribution in [0.1, 0.15) is 31.7 Å². The fourth-order valence-electron chi connectivity index (χ4n) is 2.94. The first-order chi connectivity index (χ1) is 10.9. The van der Waals surface area contributed by atoms with Crippen molar-refractivity contribution in [3.63, 3.8) is 0 Å². The fourth-order valence-corrected chi connectivity index (χ4v) is 4.68. The second-order valence-electron chi connectivity index (χ2n) is 6.13. The highest BCUT2D eigenvalue weighted by molar-refractivity contribution is 7.92. The van der Waals surface area contributed by atoms with Crippen LogP contribution in [-0.4, -0.2) is 38.4 Å². The lowest BCUT2D eigenvalue weighted by atomic mass is 10.2. The summed E-state index contributed by atoms with van der Waals surface area (Å²) in [6, 6.07) is 6.42. The molecule has 2 fully saturated rings. The summed E-state index contributed by atoms with van der Waals surface area (Å²) in [5, 5.41) is 0.787. The van der Waals surface area contributed by atoms with Gasteiger partial charge in [0.2, 0.25) is 0 Å². The molecule has 1 amide bonds. The number of hydrogen-bond donors (Lipinski definition) is 1. The number of rotatable bonds is 6. The van der Waals surface area contributed by atoms with Gasteiger partial charge in [-0.3, -0.25) is 9.69 Å². The normalized spacial score (nSPS) is 20.1. The van der Waals surface area contributed by atoms with E-state index in [4.69, 9.17) is 0 Å². The number of nitrogens with one attached hydrogen (secondary N) is 1. The number of amides is 1. The predicted molar refractivity (Wildman–Crippen MR) is 93.9 cm³/mol. The largest absolute Gasteiger partial charge is 0.326 e. The first-order valence-corrected chi connectivity index (χ1v) is 9.88. The van der Waals surface area contributed by atoms with Crippen LogP contribution in [0.25, 0.3) is 0 Å². The minimum absolute atomic E-state index is 0.160. The molecule has 23 heavy (non-hydrogen) atoms. The molecule has 0 aromatic heterocycles. The molecule has 1 aromatic rings. The van der Waals surface area contributed by atoms with Gasteiger partial charge in [0.1, 0.15) is 6.54 Å². The van der Waals surface area contributed by atoms with Crippen LogP contribution < -0.4 is 14.3 Å². The molecule has 6 nitrogen and oxygen atoms in total. The topological polar surface area (TPSA) is 69.7 Å². The van der Waals surface area contributed by atoms with Gasteiger partial charge < -0.3 is 0 Å². The lowest BCUT2D eigenvalue weighted by Crippen LogP contribution is -2.32. The van der Waals surface area contributed by atoms with Gasteiger partial charge in [-0.25, -0.2) is 9.03 Å². The van der Waals surface area contributed by atoms with E-state index in [9.17, 15) is 13.2 Å². The number of nitrogens with zero attached hydrogens (tertiary/aromatic N) is 2. The van der Waals surface area contributed by atoms with Gasteiger partial charge in [0, 0.05) is 12.6 Å². The van der Waals surface area contributed by atoms with Crippen molar-refractivity contribution < 1.29 is 13.2 Å². The Bertz CT molecular complexity index is 719. The van der Waals surface area contributed by atoms with E-state index in [0.29, 0.717) is 11.7 Å². The average molecular weight is 355 g/mol. The van der Waals surface area contributed by atoms with Crippen LogP contribution in [0.2, 0.25) is 0 Å². The van der Waals surface area contributed by atoms with Crippen LogP contribution in [0.5, 0.6) is 0 Å². The molecule has 0 spiro atoms. The van der Waals surface area contributed by atoms with E-state index in [-0.39, 0.29) is 6.54 Å². The quantitative estimate of drug-likeness (QED) is 0.765. The van der Waals surface area contributed by atoms with Gasteiger partial charge in [-0.1, -0.05) is 13.0 Å². The summed E-state index contributed by atoms with van der Waals surface area (Å²) >= 11 is 0. The summed E-state index contributed by atoms with van der Waals surface area (Å²) in [5.74, 6) is -0.499. The second kappa shape index (κ2) is 6.38. The second-order valence-corrected chi connectivity index (χ2v) is 8.35. The summed E-state index contributed by atoms with van der Waals surface area (Å²) in [6.45, 7) is 3.98. The molecule has 2 aliphatic rings. The van der Waals surface area contributed by atoms with Crippen molar-refractivity contribution in [1.82, 2.24) is 9.62 Å². The van der Waals surface area contributed by atoms with E-state index in [1.165, 1.54) is 12.8 Å². The van der Waals surface area contributed by atoms with Crippen LogP contribution in [0.4, 0.5) is 5.69 Å². The molecule has 1 saturated carbocycles. The Morgan fingerprint density at radius 3 is 2.65 bits per heavy atom. The van der Waals surface area contributed by atoms with Crippen molar-refractivity contribution in [2.24, 2.45) is 0 Å². The van der Waals surface area contributed by atoms with E-state index in [1.807, 2.05) is 16.9 Å². The third-order valence-corrected chi connectivity index (χ3v) is 5.99. The number of anilines is 1. The summed E-state index contributed by atoms with van der Waals surface area (Å²) < 4.78 is 27.0. The first-order valence-electron chi connectivity index (χ1n) is 7.86. The summed E-state index contributed by atoms with van der Waals surface area (Å²) in [5.41, 5.74) is 1.69. The summed E-state index contributed by atoms with van der Waals surface area (Å²) in [4.78, 5) is 13.9. The monoisotopic (exact) mass is 355 g/mol. The van der Waals surface area contributed by atoms with Gasteiger partial charge in [-0.2, -0.15) is 8.42 Å². The summed E-state index contributed by atoms with van der Waals surface area (Å²) in [7, 11) is -1.17. The maximum atomic E-state index is 11.9. The highest BCUT2D eigenvalue weighted by Gasteiger charge is 2.35. The minimum atomic E-state index is -3.75. The lowest BCUT2D eigenvalue weighted by Gasteiger charge is -2.23. The van der Waals surface area contributed by atoms with Crippen molar-refractivity contribution in [2.45, 2.75) is 38.8 Å². The average Bonchev–Trinajstić information content (AvgIpc) is 3.25. The van der Waals surface area contributed by atoms with Crippen LogP contribution in [0.3, 0.4) is 0 Å². The van der Waals surface area contributed by atoms with Gasteiger partial charge in [0.25, 0.3) is 5.91 Å². The smallest absolute Gasteiger partial charge is 0.296 e. The Morgan fingerprint density at radius 2 is 2.13 bits per heavy atom. The van der Waals surface area contributed by atoms with Crippen molar-refractivity contribution in [3.05, 3.63) is 23.8 Å². The van der Waals surface area contributed by atoms with Crippen LogP contribution in [0.15, 0.2) is 18.2 Å². The standard InChI is InChI=1S/C15H22N3O3PS/c1-2-7-17(12-4-5-12)9-11-3-6-13(14(22)8-11)18-10-15(19)16-23(18,20)21/h3,6,8,12H,2,4-5,7,9-10,22H2,1H3,(H,16,19). The molecule has 126 valence electrons. The Labute approximate surface area is 139 Å². The van der Waals surface area contributed by atoms with Gasteiger partial charge >= 0.3 is 10.2 Å². The molecule has 0 radical (unpaired) electrons. The zero-order chi connectivity index (χ0) is 16.6. The predicted octanol–water partition coefficient (Wildman–Crippen LogP) is 0.742. The molecule has 1 N–H and O–H groups in total. The van der Waals surface area contributed by atoms with E-state index in [2.05, 4.69) is 21.1 Å². The third kappa shape index (κ3) is 3.67. The van der Waals surface area contributed by atoms with Crippen LogP contribution in [-0.2, 0) is 21.5 Å². The van der Waals surface area contributed by atoms with Gasteiger partial charge in [-0.15, -0.1) is 9.24 Å². The van der Waals surface area contributed by atoms with Gasteiger partial charge in [-0.05, 0) is 48.8 Å². The molecule has 8 heteroatoms. The first kappa shape index (κ1) is 16.7. The maximum absolute atomic E-state index is 11.9. The number of carbonyl (C=O) groups is 1. The lowest BCUT2D eigenvalue weighted by molar-refractivity contribution is -0.117. The molecule has 1 aliphatic heterocycles. The van der Waals surface area contributed by atoms with Gasteiger partial charge in [0.15, 0.2) is 0 Å². The highest BCUT2D eigenvalue weighted by Crippen LogP contribution is 2.29. The van der Waals surface area contributed by atoms with E-state index < -0.39 is 16.1 Å². The molecule has 1 atom stereocenters.